The second kappa shape index (κ2) is 5.26. The van der Waals surface area contributed by atoms with Crippen molar-refractivity contribution >= 4 is 11.8 Å². The van der Waals surface area contributed by atoms with Gasteiger partial charge in [0.2, 0.25) is 0 Å². The molecule has 0 bridgehead atoms. The van der Waals surface area contributed by atoms with Crippen LogP contribution in [0.15, 0.2) is 12.4 Å². The van der Waals surface area contributed by atoms with Crippen LogP contribution >= 0.6 is 11.8 Å². The fourth-order valence-electron chi connectivity index (χ4n) is 1.15. The van der Waals surface area contributed by atoms with E-state index < -0.39 is 0 Å². The SMILES string of the molecule is CCSCC(NN)c1nccn1C. The van der Waals surface area contributed by atoms with Crippen molar-refractivity contribution in [1.82, 2.24) is 15.0 Å². The molecule has 4 nitrogen and oxygen atoms in total. The van der Waals surface area contributed by atoms with E-state index in [4.69, 9.17) is 5.84 Å². The van der Waals surface area contributed by atoms with Gasteiger partial charge in [-0.05, 0) is 5.75 Å². The Bertz CT molecular complexity index is 248. The van der Waals surface area contributed by atoms with Crippen molar-refractivity contribution in [1.29, 1.82) is 0 Å². The molecule has 1 heterocycles. The molecule has 1 aromatic heterocycles. The van der Waals surface area contributed by atoms with Crippen LogP contribution < -0.4 is 11.3 Å². The first-order chi connectivity index (χ1) is 6.29. The number of imidazole rings is 1. The van der Waals surface area contributed by atoms with E-state index in [0.717, 1.165) is 17.3 Å². The third-order valence-electron chi connectivity index (χ3n) is 1.86. The molecule has 0 aromatic carbocycles. The monoisotopic (exact) mass is 200 g/mol. The highest BCUT2D eigenvalue weighted by Crippen LogP contribution is 2.14. The molecule has 0 radical (unpaired) electrons. The lowest BCUT2D eigenvalue weighted by Gasteiger charge is -2.14. The van der Waals surface area contributed by atoms with E-state index in [1.165, 1.54) is 0 Å². The summed E-state index contributed by atoms with van der Waals surface area (Å²) in [7, 11) is 1.98. The smallest absolute Gasteiger partial charge is 0.127 e. The number of aromatic nitrogens is 2. The first-order valence-electron chi connectivity index (χ1n) is 4.30. The fraction of sp³-hybridized carbons (Fsp3) is 0.625. The molecule has 0 aliphatic rings. The molecule has 0 fully saturated rings. The van der Waals surface area contributed by atoms with E-state index in [9.17, 15) is 0 Å². The summed E-state index contributed by atoms with van der Waals surface area (Å²) in [6.45, 7) is 2.14. The molecule has 74 valence electrons. The van der Waals surface area contributed by atoms with Gasteiger partial charge >= 0.3 is 0 Å². The Morgan fingerprint density at radius 3 is 3.00 bits per heavy atom. The number of nitrogens with two attached hydrogens (primary N) is 1. The molecule has 1 atom stereocenters. The quantitative estimate of drug-likeness (QED) is 0.542. The lowest BCUT2D eigenvalue weighted by molar-refractivity contribution is 0.557. The van der Waals surface area contributed by atoms with Gasteiger partial charge in [-0.25, -0.2) is 10.4 Å². The summed E-state index contributed by atoms with van der Waals surface area (Å²) in [6, 6.07) is 0.143. The fourth-order valence-corrected chi connectivity index (χ4v) is 1.86. The van der Waals surface area contributed by atoms with Crippen molar-refractivity contribution in [2.45, 2.75) is 13.0 Å². The molecule has 1 rings (SSSR count). The van der Waals surface area contributed by atoms with Gasteiger partial charge in [0.15, 0.2) is 0 Å². The van der Waals surface area contributed by atoms with Gasteiger partial charge in [0.25, 0.3) is 0 Å². The molecule has 0 aliphatic carbocycles. The van der Waals surface area contributed by atoms with E-state index in [-0.39, 0.29) is 6.04 Å². The van der Waals surface area contributed by atoms with E-state index >= 15 is 0 Å². The second-order valence-corrected chi connectivity index (χ2v) is 4.09. The number of hydrogen-bond acceptors (Lipinski definition) is 4. The highest BCUT2D eigenvalue weighted by molar-refractivity contribution is 7.99. The topological polar surface area (TPSA) is 55.9 Å². The molecular formula is C8H16N4S. The Labute approximate surface area is 82.9 Å². The molecule has 0 saturated carbocycles. The molecule has 13 heavy (non-hydrogen) atoms. The molecular weight excluding hydrogens is 184 g/mol. The predicted molar refractivity (Wildman–Crippen MR) is 56.3 cm³/mol. The lowest BCUT2D eigenvalue weighted by atomic mass is 10.3. The molecule has 1 unspecified atom stereocenters. The van der Waals surface area contributed by atoms with Gasteiger partial charge in [0.05, 0.1) is 6.04 Å². The third-order valence-corrected chi connectivity index (χ3v) is 2.84. The van der Waals surface area contributed by atoms with Crippen molar-refractivity contribution < 1.29 is 0 Å². The summed E-state index contributed by atoms with van der Waals surface area (Å²) in [4.78, 5) is 4.25. The summed E-state index contributed by atoms with van der Waals surface area (Å²) in [5, 5.41) is 0. The first kappa shape index (κ1) is 10.6. The zero-order chi connectivity index (χ0) is 9.68. The predicted octanol–water partition coefficient (Wildman–Crippen LogP) is 0.678. The van der Waals surface area contributed by atoms with Gasteiger partial charge in [0, 0.05) is 25.2 Å². The van der Waals surface area contributed by atoms with Gasteiger partial charge in [-0.2, -0.15) is 11.8 Å². The number of hydrogen-bond donors (Lipinski definition) is 2. The van der Waals surface area contributed by atoms with Crippen LogP contribution in [0.1, 0.15) is 18.8 Å². The largest absolute Gasteiger partial charge is 0.337 e. The minimum absolute atomic E-state index is 0.143. The summed E-state index contributed by atoms with van der Waals surface area (Å²) in [6.07, 6.45) is 3.71. The molecule has 5 heteroatoms. The molecule has 0 spiro atoms. The van der Waals surface area contributed by atoms with Crippen LogP contribution in [-0.2, 0) is 7.05 Å². The van der Waals surface area contributed by atoms with Crippen LogP contribution in [-0.4, -0.2) is 21.1 Å². The van der Waals surface area contributed by atoms with Crippen LogP contribution in [0.4, 0.5) is 0 Å². The van der Waals surface area contributed by atoms with Crippen LogP contribution in [0.3, 0.4) is 0 Å². The minimum atomic E-state index is 0.143. The third kappa shape index (κ3) is 2.72. The number of rotatable bonds is 5. The maximum atomic E-state index is 5.46. The highest BCUT2D eigenvalue weighted by atomic mass is 32.2. The van der Waals surface area contributed by atoms with Crippen molar-refractivity contribution in [2.75, 3.05) is 11.5 Å². The molecule has 0 amide bonds. The van der Waals surface area contributed by atoms with Crippen LogP contribution in [0.5, 0.6) is 0 Å². The standard InChI is InChI=1S/C8H16N4S/c1-3-13-6-7(11-9)8-10-4-5-12(8)2/h4-5,7,11H,3,6,9H2,1-2H3. The molecule has 1 aromatic rings. The number of nitrogens with zero attached hydrogens (tertiary/aromatic N) is 2. The van der Waals surface area contributed by atoms with E-state index in [2.05, 4.69) is 17.3 Å². The van der Waals surface area contributed by atoms with E-state index in [1.54, 1.807) is 6.20 Å². The summed E-state index contributed by atoms with van der Waals surface area (Å²) in [5.41, 5.74) is 2.78. The van der Waals surface area contributed by atoms with Gasteiger partial charge in [-0.15, -0.1) is 0 Å². The number of thioether (sulfide) groups is 1. The molecule has 0 aliphatic heterocycles. The van der Waals surface area contributed by atoms with Crippen molar-refractivity contribution in [3.8, 4) is 0 Å². The Balaban J connectivity index is 2.61. The maximum Gasteiger partial charge on any atom is 0.127 e. The van der Waals surface area contributed by atoms with Crippen LogP contribution in [0, 0.1) is 0 Å². The van der Waals surface area contributed by atoms with Gasteiger partial charge in [0.1, 0.15) is 5.82 Å². The average molecular weight is 200 g/mol. The summed E-state index contributed by atoms with van der Waals surface area (Å²) < 4.78 is 1.99. The van der Waals surface area contributed by atoms with E-state index in [1.807, 2.05) is 29.6 Å². The van der Waals surface area contributed by atoms with Gasteiger partial charge in [-0.3, -0.25) is 5.84 Å². The van der Waals surface area contributed by atoms with Crippen LogP contribution in [0.25, 0.3) is 0 Å². The Kier molecular flexibility index (Phi) is 4.27. The normalized spacial score (nSPS) is 13.2. The molecule has 3 N–H and O–H groups in total. The van der Waals surface area contributed by atoms with Crippen molar-refractivity contribution in [3.05, 3.63) is 18.2 Å². The Morgan fingerprint density at radius 1 is 1.77 bits per heavy atom. The highest BCUT2D eigenvalue weighted by Gasteiger charge is 2.13. The number of aryl methyl sites for hydroxylation is 1. The number of nitrogens with one attached hydrogen (secondary N) is 1. The van der Waals surface area contributed by atoms with Gasteiger partial charge in [-0.1, -0.05) is 6.92 Å². The minimum Gasteiger partial charge on any atom is -0.337 e. The van der Waals surface area contributed by atoms with Gasteiger partial charge < -0.3 is 4.57 Å². The zero-order valence-electron chi connectivity index (χ0n) is 8.03. The van der Waals surface area contributed by atoms with Crippen molar-refractivity contribution in [3.63, 3.8) is 0 Å². The lowest BCUT2D eigenvalue weighted by Crippen LogP contribution is -2.31. The summed E-state index contributed by atoms with van der Waals surface area (Å²) >= 11 is 1.85. The van der Waals surface area contributed by atoms with E-state index in [0.29, 0.717) is 0 Å². The average Bonchev–Trinajstić information content (AvgIpc) is 2.54. The Hall–Kier alpha value is -0.520. The van der Waals surface area contributed by atoms with Crippen molar-refractivity contribution in [2.24, 2.45) is 12.9 Å². The summed E-state index contributed by atoms with van der Waals surface area (Å²) in [5.74, 6) is 8.50. The number of hydrazine groups is 1. The zero-order valence-corrected chi connectivity index (χ0v) is 8.84. The molecule has 0 saturated heterocycles. The van der Waals surface area contributed by atoms with Crippen LogP contribution in [0.2, 0.25) is 0 Å². The maximum absolute atomic E-state index is 5.46. The second-order valence-electron chi connectivity index (χ2n) is 2.78. The Morgan fingerprint density at radius 2 is 2.54 bits per heavy atom. The first-order valence-corrected chi connectivity index (χ1v) is 5.46.